The van der Waals surface area contributed by atoms with Crippen molar-refractivity contribution in [1.29, 1.82) is 0 Å². The van der Waals surface area contributed by atoms with Crippen LogP contribution in [-0.4, -0.2) is 33.7 Å². The molecule has 0 spiro atoms. The molecule has 0 saturated heterocycles. The van der Waals surface area contributed by atoms with E-state index >= 15 is 0 Å². The summed E-state index contributed by atoms with van der Waals surface area (Å²) >= 11 is 0. The van der Waals surface area contributed by atoms with E-state index in [-0.39, 0.29) is 29.7 Å². The lowest BCUT2D eigenvalue weighted by molar-refractivity contribution is -0.172. The molecule has 0 fully saturated rings. The highest BCUT2D eigenvalue weighted by Crippen LogP contribution is 2.38. The van der Waals surface area contributed by atoms with E-state index in [4.69, 9.17) is 9.72 Å². The zero-order valence-electron chi connectivity index (χ0n) is 17.5. The molecule has 4 heterocycles. The Morgan fingerprint density at radius 1 is 1.34 bits per heavy atom. The van der Waals surface area contributed by atoms with Gasteiger partial charge in [0.05, 0.1) is 36.1 Å². The van der Waals surface area contributed by atoms with Crippen LogP contribution in [0.3, 0.4) is 0 Å². The fourth-order valence-electron chi connectivity index (χ4n) is 4.40. The van der Waals surface area contributed by atoms with Crippen molar-refractivity contribution in [3.63, 3.8) is 0 Å². The van der Waals surface area contributed by atoms with Crippen molar-refractivity contribution in [2.24, 2.45) is 0 Å². The Hall–Kier alpha value is -3.78. The van der Waals surface area contributed by atoms with Crippen molar-refractivity contribution < 1.29 is 24.2 Å². The van der Waals surface area contributed by atoms with Gasteiger partial charge in [0.15, 0.2) is 5.60 Å². The molecule has 2 aromatic heterocycles. The van der Waals surface area contributed by atoms with E-state index in [2.05, 4.69) is 4.74 Å². The first-order valence-corrected chi connectivity index (χ1v) is 10.2. The molecule has 1 aromatic carbocycles. The number of cyclic esters (lactones) is 1. The van der Waals surface area contributed by atoms with Gasteiger partial charge in [-0.1, -0.05) is 19.1 Å². The van der Waals surface area contributed by atoms with Crippen molar-refractivity contribution in [2.45, 2.75) is 32.1 Å². The minimum absolute atomic E-state index is 0.0929. The average Bonchev–Trinajstić information content (AvgIpc) is 3.16. The monoisotopic (exact) mass is 432 g/mol. The Morgan fingerprint density at radius 3 is 2.91 bits per heavy atom. The lowest BCUT2D eigenvalue weighted by Gasteiger charge is -2.31. The summed E-state index contributed by atoms with van der Waals surface area (Å²) in [4.78, 5) is 41.8. The standard InChI is InChI=1S/C24H20N2O6/c1-3-24(30)17-10-19-21-14(11-26(19)22(28)16(17)12-32-23(24)29)9-15-13(7-8-20(27)31-2)5-4-6-18(15)25-21/h4-10,30H,3,11-12H2,1-2H3/b8-7+. The molecule has 0 saturated carbocycles. The molecule has 8 heteroatoms. The molecular formula is C24H20N2O6. The Kier molecular flexibility index (Phi) is 4.49. The van der Waals surface area contributed by atoms with Gasteiger partial charge < -0.3 is 19.1 Å². The number of rotatable bonds is 3. The molecule has 0 radical (unpaired) electrons. The van der Waals surface area contributed by atoms with Crippen LogP contribution in [-0.2, 0) is 37.8 Å². The second kappa shape index (κ2) is 7.13. The second-order valence-corrected chi connectivity index (χ2v) is 7.87. The number of hydrogen-bond acceptors (Lipinski definition) is 7. The predicted molar refractivity (Wildman–Crippen MR) is 116 cm³/mol. The van der Waals surface area contributed by atoms with E-state index in [9.17, 15) is 19.5 Å². The number of fused-ring (bicyclic) bond motifs is 5. The zero-order chi connectivity index (χ0) is 22.6. The number of methoxy groups -OCH3 is 1. The number of carbonyl (C=O) groups is 2. The fraction of sp³-hybridized carbons (Fsp3) is 0.250. The summed E-state index contributed by atoms with van der Waals surface area (Å²) in [5, 5.41) is 11.8. The molecule has 2 aliphatic rings. The van der Waals surface area contributed by atoms with Crippen LogP contribution in [0.5, 0.6) is 0 Å². The highest BCUT2D eigenvalue weighted by atomic mass is 16.6. The normalized spacial score (nSPS) is 18.9. The maximum absolute atomic E-state index is 13.2. The molecule has 0 amide bonds. The van der Waals surface area contributed by atoms with Crippen molar-refractivity contribution in [1.82, 2.24) is 9.55 Å². The van der Waals surface area contributed by atoms with E-state index in [1.165, 1.54) is 13.2 Å². The van der Waals surface area contributed by atoms with Gasteiger partial charge in [-0.15, -0.1) is 0 Å². The quantitative estimate of drug-likeness (QED) is 0.391. The van der Waals surface area contributed by atoms with Crippen LogP contribution in [0.15, 0.2) is 41.2 Å². The van der Waals surface area contributed by atoms with Gasteiger partial charge in [-0.25, -0.2) is 14.6 Å². The Bertz CT molecular complexity index is 1400. The van der Waals surface area contributed by atoms with Crippen LogP contribution in [0.25, 0.3) is 28.4 Å². The topological polar surface area (TPSA) is 108 Å². The van der Waals surface area contributed by atoms with Gasteiger partial charge in [0.1, 0.15) is 6.61 Å². The van der Waals surface area contributed by atoms with Crippen LogP contribution in [0.2, 0.25) is 0 Å². The van der Waals surface area contributed by atoms with Gasteiger partial charge in [-0.05, 0) is 36.3 Å². The van der Waals surface area contributed by atoms with Gasteiger partial charge >= 0.3 is 11.9 Å². The molecule has 3 aromatic rings. The molecule has 32 heavy (non-hydrogen) atoms. The summed E-state index contributed by atoms with van der Waals surface area (Å²) < 4.78 is 11.4. The summed E-state index contributed by atoms with van der Waals surface area (Å²) in [5.74, 6) is -1.20. The summed E-state index contributed by atoms with van der Waals surface area (Å²) in [6.07, 6.45) is 3.10. The molecule has 0 aliphatic carbocycles. The lowest BCUT2D eigenvalue weighted by Crippen LogP contribution is -2.44. The number of benzene rings is 1. The minimum atomic E-state index is -1.85. The molecule has 162 valence electrons. The maximum Gasteiger partial charge on any atom is 0.343 e. The van der Waals surface area contributed by atoms with Crippen LogP contribution in [0, 0.1) is 0 Å². The first-order valence-electron chi connectivity index (χ1n) is 10.2. The summed E-state index contributed by atoms with van der Waals surface area (Å²) in [6.45, 7) is 1.82. The number of hydrogen-bond donors (Lipinski definition) is 1. The fourth-order valence-corrected chi connectivity index (χ4v) is 4.40. The van der Waals surface area contributed by atoms with E-state index in [1.807, 2.05) is 24.3 Å². The lowest BCUT2D eigenvalue weighted by atomic mass is 9.86. The summed E-state index contributed by atoms with van der Waals surface area (Å²) in [6, 6.07) is 9.19. The number of pyridine rings is 2. The van der Waals surface area contributed by atoms with Crippen LogP contribution < -0.4 is 5.56 Å². The van der Waals surface area contributed by atoms with E-state index in [0.717, 1.165) is 16.5 Å². The molecule has 1 atom stereocenters. The summed E-state index contributed by atoms with van der Waals surface area (Å²) in [5.41, 5.74) is 1.94. The van der Waals surface area contributed by atoms with Gasteiger partial charge in [-0.2, -0.15) is 0 Å². The molecule has 1 unspecified atom stereocenters. The van der Waals surface area contributed by atoms with Crippen LogP contribution in [0.1, 0.15) is 35.6 Å². The number of carbonyl (C=O) groups excluding carboxylic acids is 2. The highest BCUT2D eigenvalue weighted by molar-refractivity contribution is 5.95. The second-order valence-electron chi connectivity index (χ2n) is 7.87. The largest absolute Gasteiger partial charge is 0.466 e. The van der Waals surface area contributed by atoms with Gasteiger partial charge in [0, 0.05) is 22.6 Å². The maximum atomic E-state index is 13.2. The number of nitrogens with zero attached hydrogens (tertiary/aromatic N) is 2. The highest BCUT2D eigenvalue weighted by Gasteiger charge is 2.45. The van der Waals surface area contributed by atoms with E-state index < -0.39 is 17.5 Å². The molecule has 1 N–H and O–H groups in total. The van der Waals surface area contributed by atoms with Gasteiger partial charge in [0.2, 0.25) is 0 Å². The smallest absolute Gasteiger partial charge is 0.343 e. The number of ether oxygens (including phenoxy) is 2. The Morgan fingerprint density at radius 2 is 2.16 bits per heavy atom. The van der Waals surface area contributed by atoms with Crippen molar-refractivity contribution in [3.8, 4) is 11.4 Å². The first kappa shape index (κ1) is 20.1. The Labute approximate surface area is 182 Å². The van der Waals surface area contributed by atoms with Crippen LogP contribution in [0.4, 0.5) is 0 Å². The van der Waals surface area contributed by atoms with Gasteiger partial charge in [-0.3, -0.25) is 4.79 Å². The Balaban J connectivity index is 1.70. The number of esters is 2. The SMILES string of the molecule is CCC1(O)C(=O)OCc2c1cc1n(c2=O)Cc2cc3c(/C=C/C(=O)OC)cccc3nc2-1. The van der Waals surface area contributed by atoms with E-state index in [0.29, 0.717) is 23.4 Å². The molecule has 0 bridgehead atoms. The first-order chi connectivity index (χ1) is 15.4. The molecule has 8 nitrogen and oxygen atoms in total. The van der Waals surface area contributed by atoms with Crippen molar-refractivity contribution >= 4 is 28.9 Å². The summed E-state index contributed by atoms with van der Waals surface area (Å²) in [7, 11) is 1.32. The predicted octanol–water partition coefficient (Wildman–Crippen LogP) is 2.27. The number of aromatic nitrogens is 2. The third-order valence-corrected chi connectivity index (χ3v) is 6.19. The minimum Gasteiger partial charge on any atom is -0.466 e. The zero-order valence-corrected chi connectivity index (χ0v) is 17.5. The third kappa shape index (κ3) is 2.80. The van der Waals surface area contributed by atoms with Gasteiger partial charge in [0.25, 0.3) is 5.56 Å². The van der Waals surface area contributed by atoms with Crippen LogP contribution >= 0.6 is 0 Å². The average molecular weight is 432 g/mol. The number of aliphatic hydroxyl groups is 1. The van der Waals surface area contributed by atoms with Crippen molar-refractivity contribution in [3.05, 3.63) is 69.0 Å². The molecule has 2 aliphatic heterocycles. The molecule has 5 rings (SSSR count). The molecular weight excluding hydrogens is 412 g/mol. The third-order valence-electron chi connectivity index (χ3n) is 6.19. The van der Waals surface area contributed by atoms with Crippen molar-refractivity contribution in [2.75, 3.05) is 7.11 Å². The van der Waals surface area contributed by atoms with E-state index in [1.54, 1.807) is 23.6 Å².